The lowest BCUT2D eigenvalue weighted by Gasteiger charge is -2.12. The van der Waals surface area contributed by atoms with Gasteiger partial charge in [0.2, 0.25) is 0 Å². The van der Waals surface area contributed by atoms with Crippen LogP contribution in [0, 0.1) is 0 Å². The summed E-state index contributed by atoms with van der Waals surface area (Å²) in [6.07, 6.45) is 0. The minimum absolute atomic E-state index is 0.717. The molecule has 0 heterocycles. The number of nitrogens with zero attached hydrogens (tertiary/aromatic N) is 1. The molecule has 3 nitrogen and oxygen atoms in total. The van der Waals surface area contributed by atoms with E-state index in [0.717, 1.165) is 25.4 Å². The highest BCUT2D eigenvalue weighted by molar-refractivity contribution is 5.33. The normalized spacial score (nSPS) is 10.8. The fourth-order valence-corrected chi connectivity index (χ4v) is 1.47. The van der Waals surface area contributed by atoms with Crippen LogP contribution in [-0.2, 0) is 6.54 Å². The van der Waals surface area contributed by atoms with Gasteiger partial charge in [0.1, 0.15) is 5.75 Å². The van der Waals surface area contributed by atoms with Crippen molar-refractivity contribution in [2.75, 3.05) is 33.8 Å². The van der Waals surface area contributed by atoms with Gasteiger partial charge in [-0.1, -0.05) is 18.2 Å². The molecule has 0 amide bonds. The molecule has 1 aromatic rings. The van der Waals surface area contributed by atoms with Gasteiger partial charge in [-0.2, -0.15) is 0 Å². The Labute approximate surface area is 98.4 Å². The van der Waals surface area contributed by atoms with Gasteiger partial charge in [-0.15, -0.1) is 0 Å². The van der Waals surface area contributed by atoms with Gasteiger partial charge >= 0.3 is 0 Å². The molecule has 0 unspecified atom stereocenters. The third-order valence-corrected chi connectivity index (χ3v) is 2.32. The molecule has 0 fully saturated rings. The Hall–Kier alpha value is -1.06. The quantitative estimate of drug-likeness (QED) is 0.711. The van der Waals surface area contributed by atoms with Crippen LogP contribution in [0.5, 0.6) is 5.75 Å². The lowest BCUT2D eigenvalue weighted by molar-refractivity contribution is 0.334. The molecular weight excluding hydrogens is 200 g/mol. The van der Waals surface area contributed by atoms with Crippen molar-refractivity contribution in [2.24, 2.45) is 0 Å². The Kier molecular flexibility index (Phi) is 5.90. The van der Waals surface area contributed by atoms with E-state index in [2.05, 4.69) is 30.4 Å². The SMILES string of the molecule is CCOc1ccccc1CNCCN(C)C. The third-order valence-electron chi connectivity index (χ3n) is 2.32. The van der Waals surface area contributed by atoms with E-state index in [-0.39, 0.29) is 0 Å². The maximum atomic E-state index is 5.56. The largest absolute Gasteiger partial charge is 0.494 e. The van der Waals surface area contributed by atoms with Crippen LogP contribution in [0.4, 0.5) is 0 Å². The van der Waals surface area contributed by atoms with Crippen LogP contribution in [0.1, 0.15) is 12.5 Å². The molecule has 0 radical (unpaired) electrons. The highest BCUT2D eigenvalue weighted by Crippen LogP contribution is 2.17. The van der Waals surface area contributed by atoms with Crippen LogP contribution in [0.25, 0.3) is 0 Å². The number of rotatable bonds is 7. The Bertz CT molecular complexity index is 300. The van der Waals surface area contributed by atoms with Crippen LogP contribution in [0.3, 0.4) is 0 Å². The number of ether oxygens (including phenoxy) is 1. The first kappa shape index (κ1) is 13.0. The van der Waals surface area contributed by atoms with E-state index in [1.807, 2.05) is 25.1 Å². The smallest absolute Gasteiger partial charge is 0.123 e. The molecule has 3 heteroatoms. The highest BCUT2D eigenvalue weighted by Gasteiger charge is 2.01. The first-order chi connectivity index (χ1) is 7.74. The van der Waals surface area contributed by atoms with Crippen molar-refractivity contribution in [2.45, 2.75) is 13.5 Å². The Morgan fingerprint density at radius 1 is 1.25 bits per heavy atom. The zero-order valence-electron chi connectivity index (χ0n) is 10.5. The minimum Gasteiger partial charge on any atom is -0.494 e. The molecule has 0 aliphatic carbocycles. The summed E-state index contributed by atoms with van der Waals surface area (Å²) >= 11 is 0. The van der Waals surface area contributed by atoms with E-state index in [9.17, 15) is 0 Å². The Balaban J connectivity index is 2.40. The summed E-state index contributed by atoms with van der Waals surface area (Å²) in [6, 6.07) is 8.18. The van der Waals surface area contributed by atoms with Crippen LogP contribution in [-0.4, -0.2) is 38.7 Å². The monoisotopic (exact) mass is 222 g/mol. The standard InChI is InChI=1S/C13H22N2O/c1-4-16-13-8-6-5-7-12(13)11-14-9-10-15(2)3/h5-8,14H,4,9-11H2,1-3H3. The van der Waals surface area contributed by atoms with Crippen LogP contribution >= 0.6 is 0 Å². The van der Waals surface area contributed by atoms with Gasteiger partial charge in [-0.3, -0.25) is 0 Å². The molecule has 0 spiro atoms. The molecule has 0 aliphatic rings. The molecule has 1 aromatic carbocycles. The van der Waals surface area contributed by atoms with Crippen LogP contribution in [0.15, 0.2) is 24.3 Å². The first-order valence-corrected chi connectivity index (χ1v) is 5.80. The van der Waals surface area contributed by atoms with Crippen molar-refractivity contribution in [3.63, 3.8) is 0 Å². The zero-order chi connectivity index (χ0) is 11.8. The number of likely N-dealkylation sites (N-methyl/N-ethyl adjacent to an activating group) is 1. The average Bonchev–Trinajstić information content (AvgIpc) is 2.26. The lowest BCUT2D eigenvalue weighted by atomic mass is 10.2. The predicted octanol–water partition coefficient (Wildman–Crippen LogP) is 1.74. The van der Waals surface area contributed by atoms with Crippen LogP contribution < -0.4 is 10.1 Å². The zero-order valence-corrected chi connectivity index (χ0v) is 10.5. The van der Waals surface area contributed by atoms with Gasteiger partial charge < -0.3 is 15.0 Å². The lowest BCUT2D eigenvalue weighted by Crippen LogP contribution is -2.26. The average molecular weight is 222 g/mol. The fraction of sp³-hybridized carbons (Fsp3) is 0.538. The summed E-state index contributed by atoms with van der Waals surface area (Å²) in [5.74, 6) is 0.988. The molecule has 0 saturated carbocycles. The molecule has 0 saturated heterocycles. The maximum absolute atomic E-state index is 5.56. The third kappa shape index (κ3) is 4.64. The van der Waals surface area contributed by atoms with Gasteiger partial charge in [-0.05, 0) is 27.1 Å². The summed E-state index contributed by atoms with van der Waals surface area (Å²) in [5, 5.41) is 3.41. The van der Waals surface area contributed by atoms with Gasteiger partial charge in [0.25, 0.3) is 0 Å². The van der Waals surface area contributed by atoms with Crippen molar-refractivity contribution in [1.29, 1.82) is 0 Å². The predicted molar refractivity (Wildman–Crippen MR) is 67.9 cm³/mol. The summed E-state index contributed by atoms with van der Waals surface area (Å²) in [4.78, 5) is 2.17. The second-order valence-corrected chi connectivity index (χ2v) is 4.02. The molecule has 0 aliphatic heterocycles. The van der Waals surface area contributed by atoms with Crippen molar-refractivity contribution < 1.29 is 4.74 Å². The van der Waals surface area contributed by atoms with Crippen LogP contribution in [0.2, 0.25) is 0 Å². The summed E-state index contributed by atoms with van der Waals surface area (Å²) in [6.45, 7) is 5.64. The van der Waals surface area contributed by atoms with E-state index in [4.69, 9.17) is 4.74 Å². The number of hydrogen-bond acceptors (Lipinski definition) is 3. The molecule has 0 aromatic heterocycles. The van der Waals surface area contributed by atoms with Gasteiger partial charge in [0.05, 0.1) is 6.61 Å². The Morgan fingerprint density at radius 3 is 2.69 bits per heavy atom. The molecule has 0 bridgehead atoms. The Morgan fingerprint density at radius 2 is 2.00 bits per heavy atom. The van der Waals surface area contributed by atoms with Crippen molar-refractivity contribution in [1.82, 2.24) is 10.2 Å². The molecule has 1 rings (SSSR count). The molecule has 16 heavy (non-hydrogen) atoms. The fourth-order valence-electron chi connectivity index (χ4n) is 1.47. The number of hydrogen-bond donors (Lipinski definition) is 1. The summed E-state index contributed by atoms with van der Waals surface area (Å²) < 4.78 is 5.56. The molecular formula is C13H22N2O. The highest BCUT2D eigenvalue weighted by atomic mass is 16.5. The van der Waals surface area contributed by atoms with Gasteiger partial charge in [-0.25, -0.2) is 0 Å². The molecule has 0 atom stereocenters. The summed E-state index contributed by atoms with van der Waals surface area (Å²) in [7, 11) is 4.16. The van der Waals surface area contributed by atoms with Gasteiger partial charge in [0, 0.05) is 25.2 Å². The number of benzene rings is 1. The number of nitrogens with one attached hydrogen (secondary N) is 1. The van der Waals surface area contributed by atoms with E-state index in [0.29, 0.717) is 6.61 Å². The van der Waals surface area contributed by atoms with Gasteiger partial charge in [0.15, 0.2) is 0 Å². The summed E-state index contributed by atoms with van der Waals surface area (Å²) in [5.41, 5.74) is 1.23. The van der Waals surface area contributed by atoms with Crippen molar-refractivity contribution in [3.05, 3.63) is 29.8 Å². The second kappa shape index (κ2) is 7.25. The topological polar surface area (TPSA) is 24.5 Å². The van der Waals surface area contributed by atoms with E-state index in [1.54, 1.807) is 0 Å². The number of para-hydroxylation sites is 1. The van der Waals surface area contributed by atoms with E-state index in [1.165, 1.54) is 5.56 Å². The molecule has 1 N–H and O–H groups in total. The molecule has 90 valence electrons. The maximum Gasteiger partial charge on any atom is 0.123 e. The second-order valence-electron chi connectivity index (χ2n) is 4.02. The first-order valence-electron chi connectivity index (χ1n) is 5.80. The van der Waals surface area contributed by atoms with E-state index < -0.39 is 0 Å². The van der Waals surface area contributed by atoms with E-state index >= 15 is 0 Å². The van der Waals surface area contributed by atoms with Crippen molar-refractivity contribution in [3.8, 4) is 5.75 Å². The minimum atomic E-state index is 0.717. The van der Waals surface area contributed by atoms with Crippen molar-refractivity contribution >= 4 is 0 Å².